The molecule has 3 N–H and O–H groups in total. The fourth-order valence-electron chi connectivity index (χ4n) is 1.37. The highest BCUT2D eigenvalue weighted by Gasteiger charge is 2.19. The number of methoxy groups -OCH3 is 1. The molecule has 1 unspecified atom stereocenters. The number of carbonyl (C=O) groups is 1. The standard InChI is InChI=1S/C12H18N2O3/c1-8(7-13)14(2)12(16)10-5-4-9(17-3)6-11(10)15/h4-6,8,15H,7,13H2,1-3H3. The van der Waals surface area contributed by atoms with Crippen molar-refractivity contribution in [3.05, 3.63) is 23.8 Å². The van der Waals surface area contributed by atoms with Gasteiger partial charge in [0, 0.05) is 25.7 Å². The zero-order chi connectivity index (χ0) is 13.0. The summed E-state index contributed by atoms with van der Waals surface area (Å²) in [6.07, 6.45) is 0. The number of nitrogens with zero attached hydrogens (tertiary/aromatic N) is 1. The van der Waals surface area contributed by atoms with Gasteiger partial charge in [0.25, 0.3) is 5.91 Å². The molecule has 17 heavy (non-hydrogen) atoms. The van der Waals surface area contributed by atoms with Gasteiger partial charge in [0.1, 0.15) is 11.5 Å². The molecule has 0 aromatic heterocycles. The first kappa shape index (κ1) is 13.3. The van der Waals surface area contributed by atoms with Crippen LogP contribution in [0.4, 0.5) is 0 Å². The molecule has 1 amide bonds. The highest BCUT2D eigenvalue weighted by molar-refractivity contribution is 5.97. The second-order valence-corrected chi connectivity index (χ2v) is 3.88. The molecule has 1 rings (SSSR count). The number of amides is 1. The fraction of sp³-hybridized carbons (Fsp3) is 0.417. The van der Waals surface area contributed by atoms with Crippen molar-refractivity contribution in [1.82, 2.24) is 4.90 Å². The summed E-state index contributed by atoms with van der Waals surface area (Å²) in [7, 11) is 3.16. The molecule has 1 aromatic rings. The highest BCUT2D eigenvalue weighted by Crippen LogP contribution is 2.24. The first-order valence-electron chi connectivity index (χ1n) is 5.35. The van der Waals surface area contributed by atoms with Gasteiger partial charge in [-0.1, -0.05) is 0 Å². The highest BCUT2D eigenvalue weighted by atomic mass is 16.5. The molecule has 0 fully saturated rings. The molecule has 0 aliphatic carbocycles. The third kappa shape index (κ3) is 2.88. The Morgan fingerprint density at radius 2 is 2.24 bits per heavy atom. The quantitative estimate of drug-likeness (QED) is 0.814. The summed E-state index contributed by atoms with van der Waals surface area (Å²) in [5.41, 5.74) is 5.74. The SMILES string of the molecule is COc1ccc(C(=O)N(C)C(C)CN)c(O)c1. The molecule has 1 aromatic carbocycles. The number of hydrogen-bond donors (Lipinski definition) is 2. The van der Waals surface area contributed by atoms with E-state index in [-0.39, 0.29) is 23.3 Å². The van der Waals surface area contributed by atoms with E-state index in [1.54, 1.807) is 13.1 Å². The molecule has 0 radical (unpaired) electrons. The van der Waals surface area contributed by atoms with E-state index in [1.807, 2.05) is 6.92 Å². The average Bonchev–Trinajstić information content (AvgIpc) is 2.35. The third-order valence-corrected chi connectivity index (χ3v) is 2.76. The fourth-order valence-corrected chi connectivity index (χ4v) is 1.37. The largest absolute Gasteiger partial charge is 0.507 e. The van der Waals surface area contributed by atoms with Crippen LogP contribution in [0.25, 0.3) is 0 Å². The number of aromatic hydroxyl groups is 1. The first-order chi connectivity index (χ1) is 8.01. The molecule has 0 aliphatic rings. The number of phenolic OH excluding ortho intramolecular Hbond substituents is 1. The van der Waals surface area contributed by atoms with E-state index < -0.39 is 0 Å². The van der Waals surface area contributed by atoms with Crippen LogP contribution in [-0.2, 0) is 0 Å². The molecule has 0 spiro atoms. The Morgan fingerprint density at radius 3 is 2.71 bits per heavy atom. The summed E-state index contributed by atoms with van der Waals surface area (Å²) in [6.45, 7) is 2.22. The van der Waals surface area contributed by atoms with Gasteiger partial charge in [-0.3, -0.25) is 4.79 Å². The van der Waals surface area contributed by atoms with Crippen molar-refractivity contribution in [3.63, 3.8) is 0 Å². The second kappa shape index (κ2) is 5.54. The Kier molecular flexibility index (Phi) is 4.34. The lowest BCUT2D eigenvalue weighted by Crippen LogP contribution is -2.39. The van der Waals surface area contributed by atoms with E-state index in [9.17, 15) is 9.90 Å². The number of likely N-dealkylation sites (N-methyl/N-ethyl adjacent to an activating group) is 1. The maximum Gasteiger partial charge on any atom is 0.257 e. The predicted molar refractivity (Wildman–Crippen MR) is 65.3 cm³/mol. The van der Waals surface area contributed by atoms with E-state index in [1.165, 1.54) is 24.1 Å². The number of carbonyl (C=O) groups excluding carboxylic acids is 1. The van der Waals surface area contributed by atoms with Crippen molar-refractivity contribution in [2.75, 3.05) is 20.7 Å². The number of phenols is 1. The van der Waals surface area contributed by atoms with Gasteiger partial charge in [0.15, 0.2) is 0 Å². The van der Waals surface area contributed by atoms with Gasteiger partial charge in [0.05, 0.1) is 12.7 Å². The van der Waals surface area contributed by atoms with E-state index in [0.29, 0.717) is 12.3 Å². The molecule has 5 nitrogen and oxygen atoms in total. The summed E-state index contributed by atoms with van der Waals surface area (Å²) in [6, 6.07) is 4.50. The monoisotopic (exact) mass is 238 g/mol. The van der Waals surface area contributed by atoms with Gasteiger partial charge >= 0.3 is 0 Å². The van der Waals surface area contributed by atoms with Gasteiger partial charge in [-0.25, -0.2) is 0 Å². The van der Waals surface area contributed by atoms with Crippen molar-refractivity contribution in [2.24, 2.45) is 5.73 Å². The Labute approximate surface area is 101 Å². The van der Waals surface area contributed by atoms with E-state index in [2.05, 4.69) is 0 Å². The zero-order valence-electron chi connectivity index (χ0n) is 10.3. The number of hydrogen-bond acceptors (Lipinski definition) is 4. The lowest BCUT2D eigenvalue weighted by atomic mass is 10.1. The number of rotatable bonds is 4. The molecular formula is C12H18N2O3. The maximum absolute atomic E-state index is 12.0. The lowest BCUT2D eigenvalue weighted by Gasteiger charge is -2.24. The molecule has 94 valence electrons. The molecule has 0 heterocycles. The van der Waals surface area contributed by atoms with Gasteiger partial charge in [-0.15, -0.1) is 0 Å². The van der Waals surface area contributed by atoms with Crippen molar-refractivity contribution in [3.8, 4) is 11.5 Å². The van der Waals surface area contributed by atoms with E-state index in [0.717, 1.165) is 0 Å². The summed E-state index contributed by atoms with van der Waals surface area (Å²) in [5.74, 6) is 0.155. The van der Waals surface area contributed by atoms with Crippen LogP contribution in [0.3, 0.4) is 0 Å². The summed E-state index contributed by atoms with van der Waals surface area (Å²) in [4.78, 5) is 13.5. The van der Waals surface area contributed by atoms with Crippen molar-refractivity contribution >= 4 is 5.91 Å². The minimum atomic E-state index is -0.261. The van der Waals surface area contributed by atoms with E-state index >= 15 is 0 Å². The number of benzene rings is 1. The minimum Gasteiger partial charge on any atom is -0.507 e. The molecule has 0 saturated heterocycles. The average molecular weight is 238 g/mol. The Morgan fingerprint density at radius 1 is 1.59 bits per heavy atom. The molecule has 0 aliphatic heterocycles. The Bertz CT molecular complexity index is 407. The number of ether oxygens (including phenoxy) is 1. The molecular weight excluding hydrogens is 220 g/mol. The molecule has 1 atom stereocenters. The zero-order valence-corrected chi connectivity index (χ0v) is 10.3. The van der Waals surface area contributed by atoms with Gasteiger partial charge in [0.2, 0.25) is 0 Å². The van der Waals surface area contributed by atoms with E-state index in [4.69, 9.17) is 10.5 Å². The van der Waals surface area contributed by atoms with Gasteiger partial charge < -0.3 is 20.5 Å². The van der Waals surface area contributed by atoms with Crippen LogP contribution in [0.1, 0.15) is 17.3 Å². The normalized spacial score (nSPS) is 12.0. The molecule has 0 bridgehead atoms. The van der Waals surface area contributed by atoms with Crippen LogP contribution in [0.15, 0.2) is 18.2 Å². The maximum atomic E-state index is 12.0. The third-order valence-electron chi connectivity index (χ3n) is 2.76. The number of nitrogens with two attached hydrogens (primary N) is 1. The van der Waals surface area contributed by atoms with Crippen LogP contribution < -0.4 is 10.5 Å². The Hall–Kier alpha value is -1.75. The van der Waals surface area contributed by atoms with Crippen molar-refractivity contribution in [1.29, 1.82) is 0 Å². The summed E-state index contributed by atoms with van der Waals surface area (Å²) < 4.78 is 4.95. The molecule has 0 saturated carbocycles. The van der Waals surface area contributed by atoms with Crippen LogP contribution >= 0.6 is 0 Å². The topological polar surface area (TPSA) is 75.8 Å². The van der Waals surface area contributed by atoms with Crippen molar-refractivity contribution in [2.45, 2.75) is 13.0 Å². The first-order valence-corrected chi connectivity index (χ1v) is 5.35. The minimum absolute atomic E-state index is 0.0796. The summed E-state index contributed by atoms with van der Waals surface area (Å²) in [5, 5.41) is 9.74. The smallest absolute Gasteiger partial charge is 0.257 e. The van der Waals surface area contributed by atoms with Gasteiger partial charge in [-0.05, 0) is 19.1 Å². The Balaban J connectivity index is 2.96. The lowest BCUT2D eigenvalue weighted by molar-refractivity contribution is 0.0745. The van der Waals surface area contributed by atoms with Crippen LogP contribution in [0.2, 0.25) is 0 Å². The van der Waals surface area contributed by atoms with Crippen LogP contribution in [0, 0.1) is 0 Å². The second-order valence-electron chi connectivity index (χ2n) is 3.88. The van der Waals surface area contributed by atoms with Crippen LogP contribution in [0.5, 0.6) is 11.5 Å². The van der Waals surface area contributed by atoms with Crippen molar-refractivity contribution < 1.29 is 14.6 Å². The predicted octanol–water partition coefficient (Wildman–Crippen LogP) is 0.820. The van der Waals surface area contributed by atoms with Gasteiger partial charge in [-0.2, -0.15) is 0 Å². The molecule has 5 heteroatoms. The van der Waals surface area contributed by atoms with Crippen LogP contribution in [-0.4, -0.2) is 42.7 Å². The summed E-state index contributed by atoms with van der Waals surface area (Å²) >= 11 is 0.